The number of rotatable bonds is 1. The third-order valence-corrected chi connectivity index (χ3v) is 11.5. The lowest BCUT2D eigenvalue weighted by molar-refractivity contribution is -0.246. The van der Waals surface area contributed by atoms with E-state index in [4.69, 9.17) is 9.47 Å². The van der Waals surface area contributed by atoms with Crippen molar-refractivity contribution in [1.29, 1.82) is 0 Å². The molecule has 4 saturated carbocycles. The number of ether oxygens (including phenoxy) is 2. The van der Waals surface area contributed by atoms with Crippen molar-refractivity contribution in [3.63, 3.8) is 0 Å². The van der Waals surface area contributed by atoms with Gasteiger partial charge in [0.05, 0.1) is 18.3 Å². The molecule has 32 heavy (non-hydrogen) atoms. The second-order valence-electron chi connectivity index (χ2n) is 13.4. The van der Waals surface area contributed by atoms with Crippen LogP contribution in [-0.2, 0) is 14.3 Å². The highest BCUT2D eigenvalue weighted by Crippen LogP contribution is 2.72. The second kappa shape index (κ2) is 7.23. The van der Waals surface area contributed by atoms with Crippen LogP contribution in [0.5, 0.6) is 0 Å². The fourth-order valence-electron chi connectivity index (χ4n) is 9.77. The zero-order valence-electron chi connectivity index (χ0n) is 21.2. The molecule has 0 radical (unpaired) electrons. The quantitative estimate of drug-likeness (QED) is 0.509. The maximum atomic E-state index is 11.9. The van der Waals surface area contributed by atoms with Gasteiger partial charge in [-0.25, -0.2) is 0 Å². The molecule has 1 N–H and O–H groups in total. The summed E-state index contributed by atoms with van der Waals surface area (Å²) in [6.07, 6.45) is 8.00. The minimum atomic E-state index is -0.601. The van der Waals surface area contributed by atoms with E-state index in [0.29, 0.717) is 29.1 Å². The SMILES string of the molecule is CC(=O)O[C@@H]1OC=C2[C@H]1[C@@]1(C)[C@H](O)C[C@@H]3C4[C@H](C)CCC(C)(C)[C@@H]4CC[C@@]3(C)[C@@H]1C[C@@H]2C. The average molecular weight is 445 g/mol. The zero-order valence-corrected chi connectivity index (χ0v) is 21.2. The highest BCUT2D eigenvalue weighted by molar-refractivity contribution is 5.66. The Morgan fingerprint density at radius 1 is 1.09 bits per heavy atom. The summed E-state index contributed by atoms with van der Waals surface area (Å²) in [7, 11) is 0. The van der Waals surface area contributed by atoms with Crippen LogP contribution in [0.4, 0.5) is 0 Å². The number of carbonyl (C=O) groups excluding carboxylic acids is 1. The fraction of sp³-hybridized carbons (Fsp3) is 0.893. The third-order valence-electron chi connectivity index (χ3n) is 11.5. The summed E-state index contributed by atoms with van der Waals surface area (Å²) in [6, 6.07) is 0. The molecule has 1 unspecified atom stereocenters. The molecule has 0 aromatic rings. The zero-order chi connectivity index (χ0) is 23.2. The predicted octanol–water partition coefficient (Wildman–Crippen LogP) is 5.94. The minimum Gasteiger partial charge on any atom is -0.462 e. The van der Waals surface area contributed by atoms with E-state index < -0.39 is 12.4 Å². The summed E-state index contributed by atoms with van der Waals surface area (Å²) in [5.74, 6) is 3.19. The number of hydrogen-bond donors (Lipinski definition) is 1. The Hall–Kier alpha value is -1.03. The molecule has 5 aliphatic rings. The van der Waals surface area contributed by atoms with Crippen LogP contribution in [0.15, 0.2) is 11.8 Å². The number of aliphatic hydroxyl groups excluding tert-OH is 1. The van der Waals surface area contributed by atoms with Gasteiger partial charge in [-0.2, -0.15) is 0 Å². The lowest BCUT2D eigenvalue weighted by Gasteiger charge is -2.69. The van der Waals surface area contributed by atoms with Gasteiger partial charge in [-0.3, -0.25) is 4.79 Å². The lowest BCUT2D eigenvalue weighted by Crippen LogP contribution is -2.66. The number of hydrogen-bond acceptors (Lipinski definition) is 4. The van der Waals surface area contributed by atoms with Crippen molar-refractivity contribution >= 4 is 5.97 Å². The molecule has 0 aromatic carbocycles. The fourth-order valence-corrected chi connectivity index (χ4v) is 9.77. The van der Waals surface area contributed by atoms with Gasteiger partial charge in [0.15, 0.2) is 0 Å². The smallest absolute Gasteiger partial charge is 0.305 e. The molecule has 4 aliphatic carbocycles. The summed E-state index contributed by atoms with van der Waals surface area (Å²) in [6.45, 7) is 16.0. The Kier molecular flexibility index (Phi) is 5.14. The molecule has 0 aromatic heterocycles. The summed E-state index contributed by atoms with van der Waals surface area (Å²) >= 11 is 0. The summed E-state index contributed by atoms with van der Waals surface area (Å²) < 4.78 is 11.6. The van der Waals surface area contributed by atoms with Gasteiger partial charge in [-0.1, -0.05) is 41.5 Å². The van der Waals surface area contributed by atoms with Gasteiger partial charge in [0.1, 0.15) is 0 Å². The van der Waals surface area contributed by atoms with Crippen LogP contribution in [0, 0.1) is 57.7 Å². The standard InChI is InChI=1S/C28H44O4/c1-15-8-10-26(4,5)19-9-11-27(6)20(23(15)19)13-22(30)28(7)21(27)12-16(2)18-14-31-25(24(18)28)32-17(3)29/h14-16,19-25,30H,8-13H2,1-7H3/t15-,16+,19-,20-,21+,22-,23?,24-,25+,27-,28-/m1/s1. The molecular weight excluding hydrogens is 400 g/mol. The third kappa shape index (κ3) is 2.93. The Labute approximate surface area is 194 Å². The first kappa shape index (κ1) is 22.7. The van der Waals surface area contributed by atoms with Crippen LogP contribution in [0.2, 0.25) is 0 Å². The van der Waals surface area contributed by atoms with E-state index in [9.17, 15) is 9.90 Å². The van der Waals surface area contributed by atoms with Crippen molar-refractivity contribution < 1.29 is 19.4 Å². The molecular formula is C28H44O4. The summed E-state index contributed by atoms with van der Waals surface area (Å²) in [5.41, 5.74) is 1.51. The Bertz CT molecular complexity index is 816. The normalized spacial score (nSPS) is 53.6. The van der Waals surface area contributed by atoms with Crippen LogP contribution in [0.25, 0.3) is 0 Å². The molecule has 0 saturated heterocycles. The Morgan fingerprint density at radius 3 is 2.50 bits per heavy atom. The molecule has 1 heterocycles. The van der Waals surface area contributed by atoms with E-state index in [1.807, 2.05) is 6.26 Å². The first-order chi connectivity index (χ1) is 14.9. The van der Waals surface area contributed by atoms with Gasteiger partial charge < -0.3 is 14.6 Å². The van der Waals surface area contributed by atoms with E-state index in [1.54, 1.807) is 0 Å². The van der Waals surface area contributed by atoms with Crippen LogP contribution >= 0.6 is 0 Å². The van der Waals surface area contributed by atoms with Crippen molar-refractivity contribution in [2.75, 3.05) is 0 Å². The first-order valence-corrected chi connectivity index (χ1v) is 13.1. The molecule has 5 rings (SSSR count). The molecule has 11 atom stereocenters. The van der Waals surface area contributed by atoms with Crippen molar-refractivity contribution in [2.24, 2.45) is 57.7 Å². The number of aliphatic hydroxyl groups is 1. The molecule has 0 bridgehead atoms. The maximum absolute atomic E-state index is 11.9. The van der Waals surface area contributed by atoms with E-state index in [1.165, 1.54) is 38.2 Å². The van der Waals surface area contributed by atoms with Gasteiger partial charge in [0, 0.05) is 12.3 Å². The molecule has 4 heteroatoms. The van der Waals surface area contributed by atoms with Crippen molar-refractivity contribution in [3.05, 3.63) is 11.8 Å². The van der Waals surface area contributed by atoms with Gasteiger partial charge in [-0.15, -0.1) is 0 Å². The van der Waals surface area contributed by atoms with E-state index in [-0.39, 0.29) is 22.7 Å². The minimum absolute atomic E-state index is 0.0501. The number of esters is 1. The van der Waals surface area contributed by atoms with Gasteiger partial charge in [0.2, 0.25) is 0 Å². The van der Waals surface area contributed by atoms with Gasteiger partial charge >= 0.3 is 5.97 Å². The highest BCUT2D eigenvalue weighted by Gasteiger charge is 2.69. The van der Waals surface area contributed by atoms with Crippen LogP contribution in [0.3, 0.4) is 0 Å². The topological polar surface area (TPSA) is 55.8 Å². The molecule has 1 aliphatic heterocycles. The van der Waals surface area contributed by atoms with Gasteiger partial charge in [-0.05, 0) is 90.4 Å². The van der Waals surface area contributed by atoms with E-state index in [2.05, 4.69) is 41.5 Å². The molecule has 180 valence electrons. The summed E-state index contributed by atoms with van der Waals surface area (Å²) in [5, 5.41) is 11.9. The largest absolute Gasteiger partial charge is 0.462 e. The predicted molar refractivity (Wildman–Crippen MR) is 124 cm³/mol. The average Bonchev–Trinajstić information content (AvgIpc) is 3.13. The van der Waals surface area contributed by atoms with Crippen molar-refractivity contribution in [1.82, 2.24) is 0 Å². The van der Waals surface area contributed by atoms with E-state index in [0.717, 1.165) is 24.7 Å². The van der Waals surface area contributed by atoms with E-state index >= 15 is 0 Å². The van der Waals surface area contributed by atoms with Gasteiger partial charge in [0.25, 0.3) is 6.29 Å². The van der Waals surface area contributed by atoms with Crippen LogP contribution < -0.4 is 0 Å². The first-order valence-electron chi connectivity index (χ1n) is 13.1. The Balaban J connectivity index is 1.56. The Morgan fingerprint density at radius 2 is 1.81 bits per heavy atom. The number of fused-ring (bicyclic) bond motifs is 7. The second-order valence-corrected chi connectivity index (χ2v) is 13.4. The molecule has 0 amide bonds. The summed E-state index contributed by atoms with van der Waals surface area (Å²) in [4.78, 5) is 11.9. The molecule has 4 fully saturated rings. The van der Waals surface area contributed by atoms with Crippen LogP contribution in [-0.4, -0.2) is 23.5 Å². The monoisotopic (exact) mass is 444 g/mol. The number of carbonyl (C=O) groups is 1. The van der Waals surface area contributed by atoms with Crippen LogP contribution in [0.1, 0.15) is 87.0 Å². The highest BCUT2D eigenvalue weighted by atomic mass is 16.7. The van der Waals surface area contributed by atoms with Crippen molar-refractivity contribution in [3.8, 4) is 0 Å². The molecule has 4 nitrogen and oxygen atoms in total. The lowest BCUT2D eigenvalue weighted by atomic mass is 9.36. The maximum Gasteiger partial charge on any atom is 0.305 e. The molecule has 0 spiro atoms. The van der Waals surface area contributed by atoms with Crippen molar-refractivity contribution in [2.45, 2.75) is 99.4 Å².